The number of hydrogen-bond acceptors (Lipinski definition) is 6. The second kappa shape index (κ2) is 7.89. The van der Waals surface area contributed by atoms with Gasteiger partial charge >= 0.3 is 0 Å². The van der Waals surface area contributed by atoms with Gasteiger partial charge in [-0.2, -0.15) is 0 Å². The molecule has 8 heteroatoms. The molecular formula is C19H16N4O2S2. The lowest BCUT2D eigenvalue weighted by Crippen LogP contribution is -2.27. The first-order valence-electron chi connectivity index (χ1n) is 8.32. The van der Waals surface area contributed by atoms with Gasteiger partial charge in [-0.05, 0) is 23.1 Å². The molecule has 1 atom stereocenters. The maximum atomic E-state index is 12.9. The van der Waals surface area contributed by atoms with Crippen LogP contribution in [0.25, 0.3) is 0 Å². The number of carbonyl (C=O) groups excluding carboxylic acids is 2. The van der Waals surface area contributed by atoms with Crippen molar-refractivity contribution in [3.8, 4) is 0 Å². The number of amides is 2. The number of thioether (sulfide) groups is 1. The first-order chi connectivity index (χ1) is 13.2. The minimum absolute atomic E-state index is 0.00540. The molecule has 136 valence electrons. The molecule has 0 saturated heterocycles. The number of fused-ring (bicyclic) bond motifs is 1. The number of thiophene rings is 1. The van der Waals surface area contributed by atoms with Crippen LogP contribution in [-0.2, 0) is 11.3 Å². The van der Waals surface area contributed by atoms with Crippen molar-refractivity contribution < 1.29 is 9.59 Å². The lowest BCUT2D eigenvalue weighted by molar-refractivity contribution is -0.113. The van der Waals surface area contributed by atoms with Gasteiger partial charge in [0, 0.05) is 22.8 Å². The second-order valence-electron chi connectivity index (χ2n) is 5.90. The number of anilines is 1. The predicted molar refractivity (Wildman–Crippen MR) is 106 cm³/mol. The molecule has 0 aliphatic carbocycles. The highest BCUT2D eigenvalue weighted by atomic mass is 32.2. The molecule has 2 amide bonds. The van der Waals surface area contributed by atoms with Gasteiger partial charge in [0.15, 0.2) is 5.82 Å². The van der Waals surface area contributed by atoms with Crippen molar-refractivity contribution in [1.29, 1.82) is 0 Å². The largest absolute Gasteiger partial charge is 0.317 e. The monoisotopic (exact) mass is 396 g/mol. The number of aromatic nitrogens is 2. The van der Waals surface area contributed by atoms with Crippen LogP contribution in [0, 0.1) is 0 Å². The normalized spacial score (nSPS) is 15.6. The van der Waals surface area contributed by atoms with E-state index in [9.17, 15) is 9.59 Å². The Hall–Kier alpha value is -2.71. The third-order valence-electron chi connectivity index (χ3n) is 4.11. The Morgan fingerprint density at radius 2 is 2.11 bits per heavy atom. The summed E-state index contributed by atoms with van der Waals surface area (Å²) in [6.45, 7) is 0.536. The minimum atomic E-state index is -0.191. The first kappa shape index (κ1) is 17.7. The number of hydrogen-bond donors (Lipinski definition) is 1. The van der Waals surface area contributed by atoms with Crippen LogP contribution < -0.4 is 5.32 Å². The van der Waals surface area contributed by atoms with E-state index in [4.69, 9.17) is 0 Å². The highest BCUT2D eigenvalue weighted by molar-refractivity contribution is 8.00. The Bertz CT molecular complexity index is 947. The number of benzene rings is 1. The van der Waals surface area contributed by atoms with Gasteiger partial charge in [-0.1, -0.05) is 24.3 Å². The number of nitrogens with zero attached hydrogens (tertiary/aromatic N) is 3. The van der Waals surface area contributed by atoms with Gasteiger partial charge in [-0.3, -0.25) is 14.6 Å². The molecule has 2 aromatic heterocycles. The maximum absolute atomic E-state index is 12.9. The topological polar surface area (TPSA) is 75.2 Å². The molecule has 0 saturated carbocycles. The summed E-state index contributed by atoms with van der Waals surface area (Å²) < 4.78 is 0. The van der Waals surface area contributed by atoms with E-state index in [1.54, 1.807) is 17.5 Å². The van der Waals surface area contributed by atoms with Gasteiger partial charge in [-0.15, -0.1) is 23.1 Å². The fourth-order valence-corrected chi connectivity index (χ4v) is 4.76. The standard InChI is InChI=1S/C19H16N4O2S2/c24-17(22-16-10-20-7-8-21-16)12-27-19-15-6-2-1-5-14(15)18(25)23(19)11-13-4-3-9-26-13/h1-10,19H,11-12H2,(H,21,22,24). The van der Waals surface area contributed by atoms with Gasteiger partial charge in [0.05, 0.1) is 18.5 Å². The van der Waals surface area contributed by atoms with E-state index in [2.05, 4.69) is 15.3 Å². The van der Waals surface area contributed by atoms with Crippen LogP contribution >= 0.6 is 23.1 Å². The molecule has 0 bridgehead atoms. The minimum Gasteiger partial charge on any atom is -0.317 e. The summed E-state index contributed by atoms with van der Waals surface area (Å²) in [5.41, 5.74) is 1.66. The van der Waals surface area contributed by atoms with Crippen molar-refractivity contribution in [2.24, 2.45) is 0 Å². The summed E-state index contributed by atoms with van der Waals surface area (Å²) in [6.07, 6.45) is 4.57. The van der Waals surface area contributed by atoms with E-state index < -0.39 is 0 Å². The fourth-order valence-electron chi connectivity index (χ4n) is 2.94. The Labute approximate surface area is 164 Å². The summed E-state index contributed by atoms with van der Waals surface area (Å²) in [5.74, 6) is 0.463. The smallest absolute Gasteiger partial charge is 0.255 e. The summed E-state index contributed by atoms with van der Waals surface area (Å²) in [6, 6.07) is 11.6. The van der Waals surface area contributed by atoms with Gasteiger partial charge in [0.1, 0.15) is 5.37 Å². The van der Waals surface area contributed by atoms with E-state index in [-0.39, 0.29) is 22.9 Å². The average Bonchev–Trinajstić information content (AvgIpc) is 3.29. The van der Waals surface area contributed by atoms with Crippen molar-refractivity contribution >= 4 is 40.7 Å². The molecule has 27 heavy (non-hydrogen) atoms. The molecule has 3 heterocycles. The second-order valence-corrected chi connectivity index (χ2v) is 8.00. The summed E-state index contributed by atoms with van der Waals surface area (Å²) in [5, 5.41) is 4.53. The van der Waals surface area contributed by atoms with Crippen LogP contribution in [0.5, 0.6) is 0 Å². The zero-order valence-corrected chi connectivity index (χ0v) is 15.9. The van der Waals surface area contributed by atoms with Crippen LogP contribution in [-0.4, -0.2) is 32.4 Å². The third-order valence-corrected chi connectivity index (χ3v) is 6.22. The summed E-state index contributed by atoms with van der Waals surface area (Å²) in [4.78, 5) is 36.1. The van der Waals surface area contributed by atoms with Gasteiger partial charge in [0.2, 0.25) is 5.91 Å². The SMILES string of the molecule is O=C(CSC1c2ccccc2C(=O)N1Cc1cccs1)Nc1cnccn1. The third kappa shape index (κ3) is 3.86. The van der Waals surface area contributed by atoms with Crippen LogP contribution in [0.1, 0.15) is 26.2 Å². The van der Waals surface area contributed by atoms with Gasteiger partial charge in [0.25, 0.3) is 5.91 Å². The lowest BCUT2D eigenvalue weighted by Gasteiger charge is -2.24. The molecule has 0 fully saturated rings. The molecule has 1 unspecified atom stereocenters. The number of nitrogens with one attached hydrogen (secondary N) is 1. The van der Waals surface area contributed by atoms with Crippen molar-refractivity contribution in [1.82, 2.24) is 14.9 Å². The molecule has 3 aromatic rings. The number of carbonyl (C=O) groups is 2. The molecule has 0 radical (unpaired) electrons. The van der Waals surface area contributed by atoms with E-state index >= 15 is 0 Å². The zero-order chi connectivity index (χ0) is 18.6. The Balaban J connectivity index is 1.49. The zero-order valence-electron chi connectivity index (χ0n) is 14.2. The first-order valence-corrected chi connectivity index (χ1v) is 10.2. The molecule has 1 aromatic carbocycles. The van der Waals surface area contributed by atoms with E-state index in [1.165, 1.54) is 24.2 Å². The van der Waals surface area contributed by atoms with E-state index in [0.717, 1.165) is 10.4 Å². The number of rotatable bonds is 6. The van der Waals surface area contributed by atoms with Crippen molar-refractivity contribution in [3.63, 3.8) is 0 Å². The molecule has 6 nitrogen and oxygen atoms in total. The molecule has 1 aliphatic rings. The maximum Gasteiger partial charge on any atom is 0.255 e. The van der Waals surface area contributed by atoms with E-state index in [0.29, 0.717) is 17.9 Å². The average molecular weight is 396 g/mol. The summed E-state index contributed by atoms with van der Waals surface area (Å²) >= 11 is 3.06. The van der Waals surface area contributed by atoms with Crippen LogP contribution in [0.3, 0.4) is 0 Å². The molecule has 1 aliphatic heterocycles. The van der Waals surface area contributed by atoms with Crippen molar-refractivity contribution in [2.75, 3.05) is 11.1 Å². The van der Waals surface area contributed by atoms with Gasteiger partial charge in [-0.25, -0.2) is 4.98 Å². The van der Waals surface area contributed by atoms with Crippen LogP contribution in [0.15, 0.2) is 60.4 Å². The predicted octanol–water partition coefficient (Wildman–Crippen LogP) is 3.56. The Kier molecular flexibility index (Phi) is 5.17. The van der Waals surface area contributed by atoms with Crippen LogP contribution in [0.4, 0.5) is 5.82 Å². The molecular weight excluding hydrogens is 380 g/mol. The Morgan fingerprint density at radius 1 is 1.22 bits per heavy atom. The molecule has 4 rings (SSSR count). The lowest BCUT2D eigenvalue weighted by atomic mass is 10.1. The van der Waals surface area contributed by atoms with Crippen LogP contribution in [0.2, 0.25) is 0 Å². The summed E-state index contributed by atoms with van der Waals surface area (Å²) in [7, 11) is 0. The molecule has 0 spiro atoms. The van der Waals surface area contributed by atoms with Gasteiger partial charge < -0.3 is 10.2 Å². The quantitative estimate of drug-likeness (QED) is 0.689. The fraction of sp³-hybridized carbons (Fsp3) is 0.158. The van der Waals surface area contributed by atoms with Crippen molar-refractivity contribution in [2.45, 2.75) is 11.9 Å². The van der Waals surface area contributed by atoms with Crippen molar-refractivity contribution in [3.05, 3.63) is 76.4 Å². The Morgan fingerprint density at radius 3 is 2.89 bits per heavy atom. The highest BCUT2D eigenvalue weighted by Crippen LogP contribution is 2.42. The molecule has 1 N–H and O–H groups in total. The van der Waals surface area contributed by atoms with E-state index in [1.807, 2.05) is 46.7 Å². The highest BCUT2D eigenvalue weighted by Gasteiger charge is 2.37.